The van der Waals surface area contributed by atoms with Crippen molar-refractivity contribution in [1.29, 1.82) is 5.26 Å². The number of carbonyl (C=O) groups is 1. The number of nitrogens with zero attached hydrogens (tertiary/aromatic N) is 2. The van der Waals surface area contributed by atoms with Crippen molar-refractivity contribution in [2.24, 2.45) is 0 Å². The van der Waals surface area contributed by atoms with Crippen molar-refractivity contribution in [1.82, 2.24) is 4.98 Å². The van der Waals surface area contributed by atoms with Crippen LogP contribution < -0.4 is 5.32 Å². The van der Waals surface area contributed by atoms with Gasteiger partial charge in [0.2, 0.25) is 0 Å². The zero-order valence-electron chi connectivity index (χ0n) is 12.8. The Bertz CT molecular complexity index is 893. The molecule has 1 aromatic heterocycles. The van der Waals surface area contributed by atoms with E-state index in [1.54, 1.807) is 36.0 Å². The molecule has 0 saturated carbocycles. The Kier molecular flexibility index (Phi) is 4.94. The van der Waals surface area contributed by atoms with E-state index in [1.165, 1.54) is 16.2 Å². The van der Waals surface area contributed by atoms with E-state index in [2.05, 4.69) is 10.3 Å². The number of hydrogen-bond donors (Lipinski definition) is 1. The standard InChI is InChI=1S/C18H13N3OS2/c1-23-15-8-6-13(7-9-15)16-11-24-18(20-16)21-17(22)14-4-2-12(10-19)3-5-14/h2-9,11H,1H3,(H,20,21,22). The van der Waals surface area contributed by atoms with Crippen LogP contribution in [0.2, 0.25) is 0 Å². The number of rotatable bonds is 4. The second-order valence-corrected chi connectivity index (χ2v) is 6.65. The molecule has 0 radical (unpaired) electrons. The van der Waals surface area contributed by atoms with Crippen LogP contribution >= 0.6 is 23.1 Å². The summed E-state index contributed by atoms with van der Waals surface area (Å²) in [6, 6.07) is 16.7. The molecule has 118 valence electrons. The number of benzene rings is 2. The average Bonchev–Trinajstić information content (AvgIpc) is 3.10. The molecule has 0 bridgehead atoms. The summed E-state index contributed by atoms with van der Waals surface area (Å²) in [6.07, 6.45) is 2.04. The fraction of sp³-hybridized carbons (Fsp3) is 0.0556. The van der Waals surface area contributed by atoms with Gasteiger partial charge in [-0.3, -0.25) is 10.1 Å². The Balaban J connectivity index is 1.72. The first-order valence-electron chi connectivity index (χ1n) is 7.11. The van der Waals surface area contributed by atoms with Crippen molar-refractivity contribution in [2.75, 3.05) is 11.6 Å². The Morgan fingerprint density at radius 2 is 1.88 bits per heavy atom. The van der Waals surface area contributed by atoms with Crippen LogP contribution in [-0.4, -0.2) is 17.1 Å². The summed E-state index contributed by atoms with van der Waals surface area (Å²) in [7, 11) is 0. The molecule has 1 N–H and O–H groups in total. The van der Waals surface area contributed by atoms with Crippen molar-refractivity contribution in [3.63, 3.8) is 0 Å². The fourth-order valence-electron chi connectivity index (χ4n) is 2.09. The molecule has 6 heteroatoms. The lowest BCUT2D eigenvalue weighted by atomic mass is 10.1. The first-order chi connectivity index (χ1) is 11.7. The molecular formula is C18H13N3OS2. The average molecular weight is 351 g/mol. The van der Waals surface area contributed by atoms with Crippen LogP contribution in [-0.2, 0) is 0 Å². The molecule has 0 spiro atoms. The summed E-state index contributed by atoms with van der Waals surface area (Å²) in [6.45, 7) is 0. The SMILES string of the molecule is CSc1ccc(-c2csc(NC(=O)c3ccc(C#N)cc3)n2)cc1. The summed E-state index contributed by atoms with van der Waals surface area (Å²) in [5, 5.41) is 14.0. The number of nitriles is 1. The van der Waals surface area contributed by atoms with Crippen molar-refractivity contribution < 1.29 is 4.79 Å². The maximum atomic E-state index is 12.2. The minimum absolute atomic E-state index is 0.238. The van der Waals surface area contributed by atoms with Crippen molar-refractivity contribution in [2.45, 2.75) is 4.90 Å². The highest BCUT2D eigenvalue weighted by molar-refractivity contribution is 7.98. The number of carbonyl (C=O) groups excluding carboxylic acids is 1. The summed E-state index contributed by atoms with van der Waals surface area (Å²) >= 11 is 3.08. The number of amides is 1. The van der Waals surface area contributed by atoms with E-state index >= 15 is 0 Å². The zero-order chi connectivity index (χ0) is 16.9. The third-order valence-corrected chi connectivity index (χ3v) is 4.89. The summed E-state index contributed by atoms with van der Waals surface area (Å²) in [5.41, 5.74) is 2.87. The van der Waals surface area contributed by atoms with Gasteiger partial charge < -0.3 is 0 Å². The van der Waals surface area contributed by atoms with Gasteiger partial charge in [-0.15, -0.1) is 23.1 Å². The van der Waals surface area contributed by atoms with Crippen molar-refractivity contribution in [3.05, 3.63) is 65.0 Å². The van der Waals surface area contributed by atoms with Gasteiger partial charge in [-0.25, -0.2) is 4.98 Å². The number of thiazole rings is 1. The van der Waals surface area contributed by atoms with Gasteiger partial charge in [0, 0.05) is 21.4 Å². The van der Waals surface area contributed by atoms with Crippen LogP contribution in [0.25, 0.3) is 11.3 Å². The van der Waals surface area contributed by atoms with E-state index in [9.17, 15) is 4.79 Å². The van der Waals surface area contributed by atoms with Gasteiger partial charge in [-0.05, 0) is 42.7 Å². The number of hydrogen-bond acceptors (Lipinski definition) is 5. The van der Waals surface area contributed by atoms with Crippen LogP contribution in [0.15, 0.2) is 58.8 Å². The van der Waals surface area contributed by atoms with Gasteiger partial charge in [0.15, 0.2) is 5.13 Å². The smallest absolute Gasteiger partial charge is 0.257 e. The van der Waals surface area contributed by atoms with E-state index in [0.717, 1.165) is 11.3 Å². The second kappa shape index (κ2) is 7.30. The molecule has 4 nitrogen and oxygen atoms in total. The predicted octanol–water partition coefficient (Wildman–Crippen LogP) is 4.66. The highest BCUT2D eigenvalue weighted by Crippen LogP contribution is 2.27. The van der Waals surface area contributed by atoms with Gasteiger partial charge in [-0.2, -0.15) is 5.26 Å². The monoisotopic (exact) mass is 351 g/mol. The van der Waals surface area contributed by atoms with Crippen LogP contribution in [0, 0.1) is 11.3 Å². The molecule has 0 saturated heterocycles. The molecule has 0 unspecified atom stereocenters. The molecule has 3 aromatic rings. The lowest BCUT2D eigenvalue weighted by molar-refractivity contribution is 0.102. The van der Waals surface area contributed by atoms with Gasteiger partial charge in [-0.1, -0.05) is 12.1 Å². The van der Waals surface area contributed by atoms with E-state index in [-0.39, 0.29) is 5.91 Å². The van der Waals surface area contributed by atoms with Gasteiger partial charge in [0.1, 0.15) is 0 Å². The maximum absolute atomic E-state index is 12.2. The minimum Gasteiger partial charge on any atom is -0.298 e. The highest BCUT2D eigenvalue weighted by Gasteiger charge is 2.10. The highest BCUT2D eigenvalue weighted by atomic mass is 32.2. The van der Waals surface area contributed by atoms with E-state index in [0.29, 0.717) is 16.3 Å². The molecule has 24 heavy (non-hydrogen) atoms. The molecule has 1 heterocycles. The molecule has 1 amide bonds. The predicted molar refractivity (Wildman–Crippen MR) is 98.4 cm³/mol. The molecular weight excluding hydrogens is 338 g/mol. The van der Waals surface area contributed by atoms with Gasteiger partial charge >= 0.3 is 0 Å². The van der Waals surface area contributed by atoms with Crippen LogP contribution in [0.1, 0.15) is 15.9 Å². The Morgan fingerprint density at radius 3 is 2.50 bits per heavy atom. The Morgan fingerprint density at radius 1 is 1.17 bits per heavy atom. The maximum Gasteiger partial charge on any atom is 0.257 e. The van der Waals surface area contributed by atoms with Crippen molar-refractivity contribution >= 4 is 34.1 Å². The molecule has 3 rings (SSSR count). The Hall–Kier alpha value is -2.62. The molecule has 0 atom stereocenters. The molecule has 0 aliphatic heterocycles. The number of nitrogens with one attached hydrogen (secondary N) is 1. The number of anilines is 1. The van der Waals surface area contributed by atoms with E-state index in [1.807, 2.05) is 42.0 Å². The van der Waals surface area contributed by atoms with Crippen LogP contribution in [0.4, 0.5) is 5.13 Å². The van der Waals surface area contributed by atoms with Crippen LogP contribution in [0.3, 0.4) is 0 Å². The third-order valence-electron chi connectivity index (χ3n) is 3.39. The topological polar surface area (TPSA) is 65.8 Å². The second-order valence-electron chi connectivity index (χ2n) is 4.91. The fourth-order valence-corrected chi connectivity index (χ4v) is 3.21. The Labute approximate surface area is 148 Å². The first kappa shape index (κ1) is 16.2. The van der Waals surface area contributed by atoms with Gasteiger partial charge in [0.05, 0.1) is 17.3 Å². The lowest BCUT2D eigenvalue weighted by Crippen LogP contribution is -2.11. The third kappa shape index (κ3) is 3.65. The molecule has 0 aliphatic rings. The normalized spacial score (nSPS) is 10.2. The molecule has 0 aliphatic carbocycles. The lowest BCUT2D eigenvalue weighted by Gasteiger charge is -2.02. The quantitative estimate of drug-likeness (QED) is 0.695. The van der Waals surface area contributed by atoms with Crippen LogP contribution in [0.5, 0.6) is 0 Å². The molecule has 2 aromatic carbocycles. The summed E-state index contributed by atoms with van der Waals surface area (Å²) in [4.78, 5) is 17.9. The number of aromatic nitrogens is 1. The largest absolute Gasteiger partial charge is 0.298 e. The first-order valence-corrected chi connectivity index (χ1v) is 9.21. The number of thioether (sulfide) groups is 1. The summed E-state index contributed by atoms with van der Waals surface area (Å²) in [5.74, 6) is -0.238. The van der Waals surface area contributed by atoms with E-state index in [4.69, 9.17) is 5.26 Å². The van der Waals surface area contributed by atoms with Crippen molar-refractivity contribution in [3.8, 4) is 17.3 Å². The minimum atomic E-state index is -0.238. The molecule has 0 fully saturated rings. The zero-order valence-corrected chi connectivity index (χ0v) is 14.4. The summed E-state index contributed by atoms with van der Waals surface area (Å²) < 4.78 is 0. The van der Waals surface area contributed by atoms with Gasteiger partial charge in [0.25, 0.3) is 5.91 Å². The van der Waals surface area contributed by atoms with E-state index < -0.39 is 0 Å².